The van der Waals surface area contributed by atoms with Gasteiger partial charge in [-0.1, -0.05) is 52.3 Å². The van der Waals surface area contributed by atoms with Crippen molar-refractivity contribution in [3.05, 3.63) is 23.8 Å². The number of allylic oxidation sites excluding steroid dienone is 3. The van der Waals surface area contributed by atoms with Crippen molar-refractivity contribution < 1.29 is 91.4 Å². The molecule has 0 aromatic carbocycles. The first-order chi connectivity index (χ1) is 34.3. The molecular weight excluding hydrogens is 955 g/mol. The number of ether oxygens (including phenoxy) is 11. The monoisotopic (exact) mass is 1040 g/mol. The lowest BCUT2D eigenvalue weighted by atomic mass is 9.79. The van der Waals surface area contributed by atoms with E-state index in [0.717, 1.165) is 6.29 Å². The minimum absolute atomic E-state index is 0.0266. The van der Waals surface area contributed by atoms with Gasteiger partial charge in [-0.05, 0) is 79.5 Å². The van der Waals surface area contributed by atoms with Crippen molar-refractivity contribution in [3.63, 3.8) is 0 Å². The van der Waals surface area contributed by atoms with Crippen molar-refractivity contribution in [3.8, 4) is 0 Å². The van der Waals surface area contributed by atoms with E-state index in [0.29, 0.717) is 12.0 Å². The highest BCUT2D eigenvalue weighted by atomic mass is 16.8. The molecule has 3 N–H and O–H groups in total. The highest BCUT2D eigenvalue weighted by molar-refractivity contribution is 5.91. The minimum Gasteiger partial charge on any atom is -0.462 e. The Bertz CT molecular complexity index is 1860. The summed E-state index contributed by atoms with van der Waals surface area (Å²) in [5, 5.41) is 34.2. The summed E-state index contributed by atoms with van der Waals surface area (Å²) in [4.78, 5) is 68.4. The summed E-state index contributed by atoms with van der Waals surface area (Å²) >= 11 is 0. The number of aliphatic hydroxyl groups is 3. The number of methoxy groups -OCH3 is 2. The predicted octanol–water partition coefficient (Wildman–Crippen LogP) is 4.00. The van der Waals surface area contributed by atoms with Gasteiger partial charge in [0.05, 0.1) is 49.6 Å². The fraction of sp³-hybridized carbons (Fsp3) is 0.830. The highest BCUT2D eigenvalue weighted by Gasteiger charge is 2.53. The second-order valence-corrected chi connectivity index (χ2v) is 21.4. The van der Waals surface area contributed by atoms with Crippen LogP contribution in [0.2, 0.25) is 0 Å². The van der Waals surface area contributed by atoms with E-state index < -0.39 is 152 Å². The topological polar surface area (TPSA) is 251 Å². The standard InChI is InChI=1S/C53H87NO19/c1-16-38-36(26-65-51-49(64-15)48(63-14)45(61)32(8)67-51)22-28(4)17-18-37(57)29(5)23-35(19-20-55)46(30(6)39(69-34(10)56)24-41(59)70-38)73-52-47(43(54(12)13)44(60)31(7)68-52)72-42-25-53(11,62)50(33(9)66-42)71-40(58)21-27(2)3/h17-18,20,22,27,29-33,35-36,38-39,42-52,60-62H,16,19,21,23-26H2,1-15H3/b18-17+,28-22+/t29-,30+,31-,32-,33+,35+,36-,38-,39-,42+,43+,44-,45-,46-,47-,48-,49-,50+,51-,52+,53-/m1/s1. The van der Waals surface area contributed by atoms with Crippen LogP contribution in [0.3, 0.4) is 0 Å². The molecular formula is C53H87NO19. The normalized spacial score (nSPS) is 41.6. The fourth-order valence-corrected chi connectivity index (χ4v) is 10.5. The van der Waals surface area contributed by atoms with E-state index in [1.54, 1.807) is 66.6 Å². The van der Waals surface area contributed by atoms with Crippen LogP contribution in [0.15, 0.2) is 23.8 Å². The molecule has 0 aliphatic carbocycles. The van der Waals surface area contributed by atoms with Crippen LogP contribution in [0.4, 0.5) is 0 Å². The lowest BCUT2D eigenvalue weighted by Gasteiger charge is -2.50. The van der Waals surface area contributed by atoms with E-state index in [1.807, 2.05) is 26.8 Å². The first kappa shape index (κ1) is 62.3. The van der Waals surface area contributed by atoms with Crippen molar-refractivity contribution in [1.82, 2.24) is 4.90 Å². The van der Waals surface area contributed by atoms with Gasteiger partial charge in [-0.3, -0.25) is 19.2 Å². The Balaban J connectivity index is 1.75. The van der Waals surface area contributed by atoms with Crippen LogP contribution < -0.4 is 0 Å². The van der Waals surface area contributed by atoms with E-state index in [2.05, 4.69) is 0 Å². The number of cyclic esters (lactones) is 1. The van der Waals surface area contributed by atoms with Gasteiger partial charge in [-0.2, -0.15) is 0 Å². The van der Waals surface area contributed by atoms with Crippen LogP contribution in [-0.4, -0.2) is 189 Å². The van der Waals surface area contributed by atoms with Crippen molar-refractivity contribution in [1.29, 1.82) is 0 Å². The molecule has 0 aromatic rings. The van der Waals surface area contributed by atoms with Crippen LogP contribution in [0, 0.1) is 29.6 Å². The maximum atomic E-state index is 14.3. The number of hydrogen-bond donors (Lipinski definition) is 3. The molecule has 4 heterocycles. The average molecular weight is 1040 g/mol. The summed E-state index contributed by atoms with van der Waals surface area (Å²) in [5.41, 5.74) is -0.950. The number of esters is 3. The number of likely N-dealkylation sites (N-methyl/N-ethyl adjacent to an activating group) is 1. The van der Waals surface area contributed by atoms with E-state index in [9.17, 15) is 39.3 Å². The Morgan fingerprint density at radius 3 is 2.11 bits per heavy atom. The van der Waals surface area contributed by atoms with E-state index >= 15 is 0 Å². The molecule has 4 rings (SSSR count). The SMILES string of the molecule is CC[C@H]1OC(=O)C[C@@H](OC(C)=O)[C@H](C)[C@@H](O[C@@H]2O[C@H](C)[C@@H](O)[C@H](N(C)C)[C@H]2O[C@H]2C[C@@](C)(O)[C@@H](OC(=O)CC(C)C)[C@H](C)O2)[C@@H](CC=O)C[C@@H](C)C(=O)/C=C/C(C)=C/[C@@H]1CO[C@@H]1O[C@H](C)[C@@H](O)[C@@H](OC)[C@H]1OC. The molecule has 0 bridgehead atoms. The van der Waals surface area contributed by atoms with E-state index in [1.165, 1.54) is 34.1 Å². The number of ketones is 1. The zero-order chi connectivity index (χ0) is 54.6. The second-order valence-electron chi connectivity index (χ2n) is 21.4. The third-order valence-electron chi connectivity index (χ3n) is 14.5. The molecule has 3 fully saturated rings. The lowest BCUT2D eigenvalue weighted by Crippen LogP contribution is -2.66. The van der Waals surface area contributed by atoms with Crippen LogP contribution in [0.5, 0.6) is 0 Å². The number of aldehydes is 1. The Kier molecular flexibility index (Phi) is 24.1. The molecule has 21 atom stereocenters. The number of nitrogens with zero attached hydrogens (tertiary/aromatic N) is 1. The molecule has 0 unspecified atom stereocenters. The van der Waals surface area contributed by atoms with Gasteiger partial charge < -0.3 is 77.1 Å². The number of hydrogen-bond acceptors (Lipinski definition) is 20. The molecule has 418 valence electrons. The van der Waals surface area contributed by atoms with Gasteiger partial charge in [0, 0.05) is 58.2 Å². The van der Waals surface area contributed by atoms with Gasteiger partial charge in [0.1, 0.15) is 48.5 Å². The molecule has 4 aliphatic rings. The smallest absolute Gasteiger partial charge is 0.309 e. The Labute approximate surface area is 432 Å². The molecule has 0 aromatic heterocycles. The second kappa shape index (κ2) is 28.2. The number of carbonyl (C=O) groups excluding carboxylic acids is 5. The summed E-state index contributed by atoms with van der Waals surface area (Å²) < 4.78 is 67.9. The van der Waals surface area contributed by atoms with Crippen LogP contribution in [-0.2, 0) is 76.1 Å². The Hall–Kier alpha value is -3.25. The van der Waals surface area contributed by atoms with Gasteiger partial charge in [0.25, 0.3) is 0 Å². The number of aliphatic hydroxyl groups excluding tert-OH is 2. The highest BCUT2D eigenvalue weighted by Crippen LogP contribution is 2.39. The molecule has 0 amide bonds. The summed E-state index contributed by atoms with van der Waals surface area (Å²) in [6.07, 6.45) is -9.14. The molecule has 0 saturated carbocycles. The Morgan fingerprint density at radius 1 is 0.890 bits per heavy atom. The van der Waals surface area contributed by atoms with Gasteiger partial charge >= 0.3 is 17.9 Å². The first-order valence-electron chi connectivity index (χ1n) is 25.9. The summed E-state index contributed by atoms with van der Waals surface area (Å²) in [6.45, 7) is 18.6. The third kappa shape index (κ3) is 16.9. The van der Waals surface area contributed by atoms with Crippen LogP contribution in [0.1, 0.15) is 115 Å². The number of rotatable bonds is 17. The molecule has 0 spiro atoms. The summed E-state index contributed by atoms with van der Waals surface area (Å²) in [5.74, 6) is -5.00. The van der Waals surface area contributed by atoms with Gasteiger partial charge in [-0.15, -0.1) is 0 Å². The van der Waals surface area contributed by atoms with E-state index in [4.69, 9.17) is 52.1 Å². The Morgan fingerprint density at radius 2 is 1.53 bits per heavy atom. The third-order valence-corrected chi connectivity index (χ3v) is 14.5. The van der Waals surface area contributed by atoms with Gasteiger partial charge in [0.2, 0.25) is 0 Å². The molecule has 0 radical (unpaired) electrons. The molecule has 20 heteroatoms. The summed E-state index contributed by atoms with van der Waals surface area (Å²) in [7, 11) is 6.41. The van der Waals surface area contributed by atoms with E-state index in [-0.39, 0.29) is 44.0 Å². The van der Waals surface area contributed by atoms with Crippen LogP contribution >= 0.6 is 0 Å². The first-order valence-corrected chi connectivity index (χ1v) is 25.9. The molecule has 73 heavy (non-hydrogen) atoms. The van der Waals surface area contributed by atoms with Crippen LogP contribution in [0.25, 0.3) is 0 Å². The van der Waals surface area contributed by atoms with Crippen molar-refractivity contribution >= 4 is 30.0 Å². The summed E-state index contributed by atoms with van der Waals surface area (Å²) in [6, 6.07) is -0.809. The quantitative estimate of drug-likeness (QED) is 0.106. The maximum Gasteiger partial charge on any atom is 0.309 e. The largest absolute Gasteiger partial charge is 0.462 e. The molecule has 3 saturated heterocycles. The lowest BCUT2D eigenvalue weighted by molar-refractivity contribution is -0.353. The molecule has 4 aliphatic heterocycles. The van der Waals surface area contributed by atoms with Crippen molar-refractivity contribution in [2.75, 3.05) is 34.9 Å². The van der Waals surface area contributed by atoms with Gasteiger partial charge in [-0.25, -0.2) is 0 Å². The maximum absolute atomic E-state index is 14.3. The number of carbonyl (C=O) groups is 5. The van der Waals surface area contributed by atoms with Crippen molar-refractivity contribution in [2.24, 2.45) is 29.6 Å². The minimum atomic E-state index is -1.61. The zero-order valence-electron chi connectivity index (χ0n) is 45.7. The fourth-order valence-electron chi connectivity index (χ4n) is 10.5. The molecule has 20 nitrogen and oxygen atoms in total. The van der Waals surface area contributed by atoms with Crippen molar-refractivity contribution in [2.45, 2.75) is 218 Å². The zero-order valence-corrected chi connectivity index (χ0v) is 45.7. The predicted molar refractivity (Wildman–Crippen MR) is 263 cm³/mol. The average Bonchev–Trinajstić information content (AvgIpc) is 3.29. The van der Waals surface area contributed by atoms with Gasteiger partial charge in [0.15, 0.2) is 30.8 Å².